The normalized spacial score (nSPS) is 18.0. The minimum Gasteiger partial charge on any atom is -0.342 e. The van der Waals surface area contributed by atoms with E-state index >= 15 is 0 Å². The molecule has 0 radical (unpaired) electrons. The van der Waals surface area contributed by atoms with E-state index < -0.39 is 0 Å². The largest absolute Gasteiger partial charge is 0.342 e. The van der Waals surface area contributed by atoms with Crippen molar-refractivity contribution in [3.8, 4) is 11.4 Å². The van der Waals surface area contributed by atoms with Gasteiger partial charge < -0.3 is 10.3 Å². The molecular weight excluding hydrogens is 382 g/mol. The second-order valence-electron chi connectivity index (χ2n) is 7.07. The van der Waals surface area contributed by atoms with Crippen LogP contribution in [0.3, 0.4) is 0 Å². The molecule has 150 valence electrons. The summed E-state index contributed by atoms with van der Waals surface area (Å²) >= 11 is 1.48. The Hall–Kier alpha value is -2.80. The molecule has 1 N–H and O–H groups in total. The monoisotopic (exact) mass is 407 g/mol. The number of amides is 1. The number of hydrogen-bond acceptors (Lipinski definition) is 5. The van der Waals surface area contributed by atoms with E-state index in [1.165, 1.54) is 17.3 Å². The summed E-state index contributed by atoms with van der Waals surface area (Å²) in [5.74, 6) is 0.868. The van der Waals surface area contributed by atoms with Crippen LogP contribution in [0.2, 0.25) is 0 Å². The van der Waals surface area contributed by atoms with Crippen LogP contribution in [0, 0.1) is 6.92 Å². The standard InChI is InChI=1S/C22H25N5OS/c1-4-26(5-2)21(28)19-18(16-13-11-15(3)12-14-16)25-27-20(23-24-22(27)29-19)17-9-7-6-8-10-17/h6-14,18-19,25H,4-5H2,1-3H3. The van der Waals surface area contributed by atoms with E-state index in [-0.39, 0.29) is 17.2 Å². The number of fused-ring (bicyclic) bond motifs is 1. The zero-order chi connectivity index (χ0) is 20.4. The quantitative estimate of drug-likeness (QED) is 0.695. The van der Waals surface area contributed by atoms with E-state index in [4.69, 9.17) is 0 Å². The van der Waals surface area contributed by atoms with Gasteiger partial charge in [0.1, 0.15) is 5.25 Å². The molecule has 0 bridgehead atoms. The Bertz CT molecular complexity index is 982. The fraction of sp³-hybridized carbons (Fsp3) is 0.318. The Balaban J connectivity index is 1.76. The topological polar surface area (TPSA) is 63.1 Å². The van der Waals surface area contributed by atoms with Gasteiger partial charge in [-0.05, 0) is 26.3 Å². The van der Waals surface area contributed by atoms with Crippen LogP contribution in [0.25, 0.3) is 11.4 Å². The number of thioether (sulfide) groups is 1. The van der Waals surface area contributed by atoms with Crippen molar-refractivity contribution in [3.63, 3.8) is 0 Å². The molecule has 2 atom stereocenters. The maximum atomic E-state index is 13.3. The fourth-order valence-electron chi connectivity index (χ4n) is 3.56. The summed E-state index contributed by atoms with van der Waals surface area (Å²) in [7, 11) is 0. The van der Waals surface area contributed by atoms with Crippen LogP contribution in [0.5, 0.6) is 0 Å². The Morgan fingerprint density at radius 3 is 2.41 bits per heavy atom. The van der Waals surface area contributed by atoms with Gasteiger partial charge >= 0.3 is 0 Å². The number of nitrogens with one attached hydrogen (secondary N) is 1. The van der Waals surface area contributed by atoms with E-state index in [1.807, 2.05) is 53.8 Å². The number of hydrogen-bond donors (Lipinski definition) is 1. The summed E-state index contributed by atoms with van der Waals surface area (Å²) in [5.41, 5.74) is 6.79. The summed E-state index contributed by atoms with van der Waals surface area (Å²) in [4.78, 5) is 15.2. The average Bonchev–Trinajstić information content (AvgIpc) is 3.18. The third kappa shape index (κ3) is 3.74. The first kappa shape index (κ1) is 19.5. The molecule has 1 aliphatic rings. The lowest BCUT2D eigenvalue weighted by Crippen LogP contribution is -2.46. The van der Waals surface area contributed by atoms with Gasteiger partial charge in [-0.25, -0.2) is 4.68 Å². The summed E-state index contributed by atoms with van der Waals surface area (Å²) in [6.45, 7) is 7.47. The van der Waals surface area contributed by atoms with Gasteiger partial charge in [-0.1, -0.05) is 71.9 Å². The molecule has 0 saturated carbocycles. The van der Waals surface area contributed by atoms with Gasteiger partial charge in [-0.3, -0.25) is 4.79 Å². The number of aromatic nitrogens is 3. The first-order valence-electron chi connectivity index (χ1n) is 9.91. The highest BCUT2D eigenvalue weighted by atomic mass is 32.2. The minimum atomic E-state index is -0.307. The lowest BCUT2D eigenvalue weighted by molar-refractivity contribution is -0.130. The van der Waals surface area contributed by atoms with E-state index in [1.54, 1.807) is 0 Å². The molecule has 1 aromatic heterocycles. The second-order valence-corrected chi connectivity index (χ2v) is 8.18. The smallest absolute Gasteiger partial charge is 0.238 e. The molecule has 0 saturated heterocycles. The molecule has 6 nitrogen and oxygen atoms in total. The van der Waals surface area contributed by atoms with Crippen molar-refractivity contribution in [2.75, 3.05) is 18.5 Å². The van der Waals surface area contributed by atoms with Crippen molar-refractivity contribution < 1.29 is 4.79 Å². The lowest BCUT2D eigenvalue weighted by Gasteiger charge is -2.35. The zero-order valence-electron chi connectivity index (χ0n) is 16.9. The maximum absolute atomic E-state index is 13.3. The van der Waals surface area contributed by atoms with Crippen LogP contribution in [0.4, 0.5) is 0 Å². The summed E-state index contributed by atoms with van der Waals surface area (Å²) in [6, 6.07) is 18.1. The Labute approximate surface area is 175 Å². The number of rotatable bonds is 5. The first-order chi connectivity index (χ1) is 14.1. The summed E-state index contributed by atoms with van der Waals surface area (Å²) in [5, 5.41) is 9.15. The van der Waals surface area contributed by atoms with Crippen molar-refractivity contribution >= 4 is 17.7 Å². The van der Waals surface area contributed by atoms with Crippen molar-refractivity contribution in [1.82, 2.24) is 19.8 Å². The minimum absolute atomic E-state index is 0.119. The molecular formula is C22H25N5OS. The average molecular weight is 408 g/mol. The predicted molar refractivity (Wildman–Crippen MR) is 116 cm³/mol. The predicted octanol–water partition coefficient (Wildman–Crippen LogP) is 3.88. The van der Waals surface area contributed by atoms with Crippen LogP contribution >= 0.6 is 11.8 Å². The molecule has 1 aliphatic heterocycles. The highest BCUT2D eigenvalue weighted by Crippen LogP contribution is 2.39. The molecule has 2 aromatic carbocycles. The molecule has 4 rings (SSSR count). The van der Waals surface area contributed by atoms with Crippen molar-refractivity contribution in [3.05, 3.63) is 65.7 Å². The molecule has 2 heterocycles. The van der Waals surface area contributed by atoms with Gasteiger partial charge in [0.25, 0.3) is 0 Å². The highest BCUT2D eigenvalue weighted by molar-refractivity contribution is 8.00. The van der Waals surface area contributed by atoms with Gasteiger partial charge in [0.05, 0.1) is 6.04 Å². The lowest BCUT2D eigenvalue weighted by atomic mass is 10.0. The number of carbonyl (C=O) groups excluding carboxylic acids is 1. The van der Waals surface area contributed by atoms with Gasteiger partial charge in [-0.15, -0.1) is 10.2 Å². The molecule has 1 amide bonds. The van der Waals surface area contributed by atoms with E-state index in [0.717, 1.165) is 17.0 Å². The maximum Gasteiger partial charge on any atom is 0.238 e. The van der Waals surface area contributed by atoms with E-state index in [0.29, 0.717) is 18.2 Å². The summed E-state index contributed by atoms with van der Waals surface area (Å²) in [6.07, 6.45) is 0. The number of nitrogens with zero attached hydrogens (tertiary/aromatic N) is 4. The zero-order valence-corrected chi connectivity index (χ0v) is 17.7. The van der Waals surface area contributed by atoms with Crippen LogP contribution in [0.1, 0.15) is 31.0 Å². The molecule has 2 unspecified atom stereocenters. The van der Waals surface area contributed by atoms with Crippen LogP contribution in [-0.4, -0.2) is 44.0 Å². The second kappa shape index (κ2) is 8.29. The van der Waals surface area contributed by atoms with E-state index in [2.05, 4.69) is 46.8 Å². The Kier molecular flexibility index (Phi) is 5.58. The molecule has 3 aromatic rings. The number of benzene rings is 2. The van der Waals surface area contributed by atoms with Crippen molar-refractivity contribution in [2.45, 2.75) is 37.2 Å². The molecule has 0 aliphatic carbocycles. The number of carbonyl (C=O) groups is 1. The third-order valence-corrected chi connectivity index (χ3v) is 6.43. The third-order valence-electron chi connectivity index (χ3n) is 5.22. The number of aryl methyl sites for hydroxylation is 1. The molecule has 29 heavy (non-hydrogen) atoms. The van der Waals surface area contributed by atoms with E-state index in [9.17, 15) is 4.79 Å². The van der Waals surface area contributed by atoms with Gasteiger partial charge in [0.2, 0.25) is 11.1 Å². The van der Waals surface area contributed by atoms with Gasteiger partial charge in [-0.2, -0.15) is 0 Å². The molecule has 0 spiro atoms. The SMILES string of the molecule is CCN(CC)C(=O)C1Sc2nnc(-c3ccccc3)n2NC1c1ccc(C)cc1. The molecule has 0 fully saturated rings. The highest BCUT2D eigenvalue weighted by Gasteiger charge is 2.39. The van der Waals surface area contributed by atoms with Gasteiger partial charge in [0, 0.05) is 18.7 Å². The van der Waals surface area contributed by atoms with Crippen molar-refractivity contribution in [1.29, 1.82) is 0 Å². The van der Waals surface area contributed by atoms with Crippen LogP contribution in [-0.2, 0) is 4.79 Å². The molecule has 7 heteroatoms. The van der Waals surface area contributed by atoms with Crippen LogP contribution < -0.4 is 5.43 Å². The Morgan fingerprint density at radius 1 is 1.07 bits per heavy atom. The first-order valence-corrected chi connectivity index (χ1v) is 10.8. The summed E-state index contributed by atoms with van der Waals surface area (Å²) < 4.78 is 1.91. The fourth-order valence-corrected chi connectivity index (χ4v) is 4.72. The van der Waals surface area contributed by atoms with Gasteiger partial charge in [0.15, 0.2) is 5.82 Å². The Morgan fingerprint density at radius 2 is 1.76 bits per heavy atom. The van der Waals surface area contributed by atoms with Crippen LogP contribution in [0.15, 0.2) is 59.8 Å². The van der Waals surface area contributed by atoms with Crippen molar-refractivity contribution in [2.24, 2.45) is 0 Å².